The first kappa shape index (κ1) is 14.8. The van der Waals surface area contributed by atoms with Crippen LogP contribution in [0, 0.1) is 5.92 Å². The molecular formula is C17H25N3S. The second-order valence-electron chi connectivity index (χ2n) is 6.62. The molecule has 2 aliphatic rings. The molecule has 0 bridgehead atoms. The van der Waals surface area contributed by atoms with E-state index < -0.39 is 0 Å². The van der Waals surface area contributed by atoms with Crippen molar-refractivity contribution in [3.8, 4) is 0 Å². The van der Waals surface area contributed by atoms with Crippen LogP contribution in [0.4, 0.5) is 5.82 Å². The number of nitrogens with two attached hydrogens (primary N) is 1. The van der Waals surface area contributed by atoms with E-state index in [2.05, 4.69) is 24.9 Å². The zero-order valence-corrected chi connectivity index (χ0v) is 13.9. The van der Waals surface area contributed by atoms with Crippen LogP contribution in [-0.2, 0) is 12.8 Å². The molecule has 4 heteroatoms. The Kier molecular flexibility index (Phi) is 4.16. The number of pyridine rings is 1. The van der Waals surface area contributed by atoms with Crippen molar-refractivity contribution in [1.29, 1.82) is 0 Å². The normalized spacial score (nSPS) is 24.7. The molecule has 1 saturated carbocycles. The van der Waals surface area contributed by atoms with E-state index in [1.165, 1.54) is 43.4 Å². The van der Waals surface area contributed by atoms with Crippen molar-refractivity contribution in [3.63, 3.8) is 0 Å². The number of anilines is 1. The SMILES string of the molecule is CC1CCCCC1N(C)c1nc2c(cc1C(N)=S)CCC2. The van der Waals surface area contributed by atoms with Gasteiger partial charge in [0.15, 0.2) is 0 Å². The average Bonchev–Trinajstić information content (AvgIpc) is 2.93. The Bertz CT molecular complexity index is 555. The highest BCUT2D eigenvalue weighted by molar-refractivity contribution is 7.80. The van der Waals surface area contributed by atoms with Gasteiger partial charge in [0, 0.05) is 18.8 Å². The van der Waals surface area contributed by atoms with Crippen LogP contribution in [0.1, 0.15) is 55.8 Å². The molecule has 1 fully saturated rings. The number of aromatic nitrogens is 1. The Morgan fingerprint density at radius 2 is 2.05 bits per heavy atom. The minimum absolute atomic E-state index is 0.475. The van der Waals surface area contributed by atoms with Gasteiger partial charge in [-0.3, -0.25) is 0 Å². The number of aryl methyl sites for hydroxylation is 2. The number of rotatable bonds is 3. The van der Waals surface area contributed by atoms with Crippen molar-refractivity contribution in [2.45, 2.75) is 57.9 Å². The second-order valence-corrected chi connectivity index (χ2v) is 7.06. The molecule has 2 aliphatic carbocycles. The Labute approximate surface area is 132 Å². The molecular weight excluding hydrogens is 278 g/mol. The fourth-order valence-corrected chi connectivity index (χ4v) is 4.09. The summed E-state index contributed by atoms with van der Waals surface area (Å²) in [7, 11) is 2.16. The molecule has 0 saturated heterocycles. The summed E-state index contributed by atoms with van der Waals surface area (Å²) in [6, 6.07) is 2.75. The summed E-state index contributed by atoms with van der Waals surface area (Å²) in [4.78, 5) is 7.76. The van der Waals surface area contributed by atoms with Crippen LogP contribution in [0.15, 0.2) is 6.07 Å². The summed E-state index contributed by atoms with van der Waals surface area (Å²) in [5.74, 6) is 1.71. The molecule has 1 aromatic rings. The lowest BCUT2D eigenvalue weighted by Gasteiger charge is -2.38. The van der Waals surface area contributed by atoms with Crippen LogP contribution in [0.25, 0.3) is 0 Å². The van der Waals surface area contributed by atoms with E-state index in [0.717, 1.165) is 24.2 Å². The summed E-state index contributed by atoms with van der Waals surface area (Å²) in [6.07, 6.45) is 8.62. The second kappa shape index (κ2) is 5.91. The number of hydrogen-bond donors (Lipinski definition) is 1. The molecule has 3 rings (SSSR count). The minimum Gasteiger partial charge on any atom is -0.389 e. The molecule has 0 aliphatic heterocycles. The van der Waals surface area contributed by atoms with E-state index in [-0.39, 0.29) is 0 Å². The summed E-state index contributed by atoms with van der Waals surface area (Å²) in [6.45, 7) is 2.36. The van der Waals surface area contributed by atoms with Crippen LogP contribution in [-0.4, -0.2) is 23.1 Å². The minimum atomic E-state index is 0.475. The highest BCUT2D eigenvalue weighted by Gasteiger charge is 2.28. The quantitative estimate of drug-likeness (QED) is 0.871. The first-order valence-electron chi connectivity index (χ1n) is 8.13. The largest absolute Gasteiger partial charge is 0.389 e. The van der Waals surface area contributed by atoms with Crippen LogP contribution < -0.4 is 10.6 Å². The number of thiocarbonyl (C=S) groups is 1. The molecule has 2 N–H and O–H groups in total. The lowest BCUT2D eigenvalue weighted by molar-refractivity contribution is 0.320. The van der Waals surface area contributed by atoms with Gasteiger partial charge in [0.25, 0.3) is 0 Å². The molecule has 0 radical (unpaired) electrons. The summed E-state index contributed by atoms with van der Waals surface area (Å²) < 4.78 is 0. The average molecular weight is 303 g/mol. The van der Waals surface area contributed by atoms with E-state index in [4.69, 9.17) is 22.9 Å². The molecule has 2 atom stereocenters. The highest BCUT2D eigenvalue weighted by atomic mass is 32.1. The number of hydrogen-bond acceptors (Lipinski definition) is 3. The van der Waals surface area contributed by atoms with Crippen molar-refractivity contribution >= 4 is 23.0 Å². The van der Waals surface area contributed by atoms with Crippen molar-refractivity contribution in [3.05, 3.63) is 22.9 Å². The molecule has 21 heavy (non-hydrogen) atoms. The lowest BCUT2D eigenvalue weighted by atomic mass is 9.85. The third-order valence-corrected chi connectivity index (χ3v) is 5.41. The van der Waals surface area contributed by atoms with E-state index in [1.807, 2.05) is 0 Å². The first-order chi connectivity index (χ1) is 10.1. The van der Waals surface area contributed by atoms with Crippen LogP contribution in [0.2, 0.25) is 0 Å². The van der Waals surface area contributed by atoms with Crippen LogP contribution in [0.3, 0.4) is 0 Å². The van der Waals surface area contributed by atoms with Crippen LogP contribution >= 0.6 is 12.2 Å². The molecule has 1 heterocycles. The molecule has 0 amide bonds. The Balaban J connectivity index is 1.98. The predicted octanol–water partition coefficient (Wildman–Crippen LogP) is 3.22. The maximum atomic E-state index is 5.98. The smallest absolute Gasteiger partial charge is 0.139 e. The van der Waals surface area contributed by atoms with Gasteiger partial charge in [-0.1, -0.05) is 32.0 Å². The fraction of sp³-hybridized carbons (Fsp3) is 0.647. The van der Waals surface area contributed by atoms with Crippen LogP contribution in [0.5, 0.6) is 0 Å². The fourth-order valence-electron chi connectivity index (χ4n) is 3.94. The van der Waals surface area contributed by atoms with Gasteiger partial charge in [0.1, 0.15) is 10.8 Å². The molecule has 114 valence electrons. The lowest BCUT2D eigenvalue weighted by Crippen LogP contribution is -2.40. The van der Waals surface area contributed by atoms with Crippen molar-refractivity contribution < 1.29 is 0 Å². The topological polar surface area (TPSA) is 42.2 Å². The molecule has 0 aromatic carbocycles. The zero-order valence-electron chi connectivity index (χ0n) is 13.1. The van der Waals surface area contributed by atoms with Crippen molar-refractivity contribution in [2.75, 3.05) is 11.9 Å². The Morgan fingerprint density at radius 3 is 2.76 bits per heavy atom. The maximum Gasteiger partial charge on any atom is 0.139 e. The van der Waals surface area contributed by atoms with Gasteiger partial charge >= 0.3 is 0 Å². The molecule has 1 aromatic heterocycles. The molecule has 2 unspecified atom stereocenters. The first-order valence-corrected chi connectivity index (χ1v) is 8.54. The maximum absolute atomic E-state index is 5.98. The standard InChI is InChI=1S/C17H25N3S/c1-11-6-3-4-9-15(11)20(2)17-13(16(18)21)10-12-7-5-8-14(12)19-17/h10-11,15H,3-9H2,1-2H3,(H2,18,21). The summed E-state index contributed by atoms with van der Waals surface area (Å²) in [5, 5.41) is 0. The van der Waals surface area contributed by atoms with Gasteiger partial charge in [0.2, 0.25) is 0 Å². The van der Waals surface area contributed by atoms with Gasteiger partial charge in [-0.15, -0.1) is 0 Å². The van der Waals surface area contributed by atoms with Crippen molar-refractivity contribution in [1.82, 2.24) is 4.98 Å². The van der Waals surface area contributed by atoms with E-state index in [1.54, 1.807) is 0 Å². The van der Waals surface area contributed by atoms with E-state index >= 15 is 0 Å². The summed E-state index contributed by atoms with van der Waals surface area (Å²) >= 11 is 5.28. The Morgan fingerprint density at radius 1 is 1.29 bits per heavy atom. The van der Waals surface area contributed by atoms with Gasteiger partial charge in [-0.25, -0.2) is 4.98 Å². The third-order valence-electron chi connectivity index (χ3n) is 5.19. The molecule has 3 nitrogen and oxygen atoms in total. The van der Waals surface area contributed by atoms with Gasteiger partial charge < -0.3 is 10.6 Å². The number of fused-ring (bicyclic) bond motifs is 1. The van der Waals surface area contributed by atoms with Gasteiger partial charge in [0.05, 0.1) is 5.56 Å². The number of nitrogens with zero attached hydrogens (tertiary/aromatic N) is 2. The van der Waals surface area contributed by atoms with E-state index in [0.29, 0.717) is 16.9 Å². The highest BCUT2D eigenvalue weighted by Crippen LogP contribution is 2.33. The zero-order chi connectivity index (χ0) is 15.0. The monoisotopic (exact) mass is 303 g/mol. The van der Waals surface area contributed by atoms with Crippen molar-refractivity contribution in [2.24, 2.45) is 11.7 Å². The summed E-state index contributed by atoms with van der Waals surface area (Å²) in [5.41, 5.74) is 9.53. The predicted molar refractivity (Wildman–Crippen MR) is 92.0 cm³/mol. The Hall–Kier alpha value is -1.16. The van der Waals surface area contributed by atoms with Gasteiger partial charge in [-0.05, 0) is 49.7 Å². The molecule has 0 spiro atoms. The van der Waals surface area contributed by atoms with E-state index in [9.17, 15) is 0 Å². The third kappa shape index (κ3) is 2.78. The van der Waals surface area contributed by atoms with Gasteiger partial charge in [-0.2, -0.15) is 0 Å².